The zero-order valence-corrected chi connectivity index (χ0v) is 5.11. The lowest BCUT2D eigenvalue weighted by molar-refractivity contribution is -1.91. The summed E-state index contributed by atoms with van der Waals surface area (Å²) in [5.74, 6) is 0. The maximum atomic E-state index is 9.77. The summed E-state index contributed by atoms with van der Waals surface area (Å²) in [4.78, 5) is 0. The molecule has 0 spiro atoms. The fourth-order valence-corrected chi connectivity index (χ4v) is 0.504. The van der Waals surface area contributed by atoms with Crippen LogP contribution in [0.5, 0.6) is 6.01 Å². The summed E-state index contributed by atoms with van der Waals surface area (Å²) in [6, 6.07) is -0.628. The Kier molecular flexibility index (Phi) is 1.68. The molecule has 0 aliphatic rings. The van der Waals surface area contributed by atoms with E-state index in [-0.39, 0.29) is 0 Å². The molecule has 10 heavy (non-hydrogen) atoms. The smallest absolute Gasteiger partial charge is 0.173 e. The normalized spacial score (nSPS) is 11.5. The Bertz CT molecular complexity index is 192. The molecule has 1 aromatic heterocycles. The first-order valence-corrected chi connectivity index (χ1v) is 3.15. The Morgan fingerprint density at radius 3 is 2.50 bits per heavy atom. The van der Waals surface area contributed by atoms with Crippen LogP contribution in [0, 0.1) is 10.2 Å². The minimum absolute atomic E-state index is 0.628. The summed E-state index contributed by atoms with van der Waals surface area (Å²) >= 11 is 0. The number of H-pyrrole nitrogens is 1. The molecular weight excluding hydrogens is 167 g/mol. The van der Waals surface area contributed by atoms with Gasteiger partial charge in [-0.15, -0.1) is 0 Å². The summed E-state index contributed by atoms with van der Waals surface area (Å²) in [5, 5.41) is 10.9. The molecule has 0 saturated heterocycles. The Morgan fingerprint density at radius 2 is 2.10 bits per heavy atom. The van der Waals surface area contributed by atoms with Gasteiger partial charge in [-0.1, -0.05) is 10.2 Å². The van der Waals surface area contributed by atoms with E-state index in [9.17, 15) is 14.0 Å². The highest BCUT2D eigenvalue weighted by Gasteiger charge is 2.23. The van der Waals surface area contributed by atoms with Crippen LogP contribution in [-0.4, -0.2) is 20.6 Å². The summed E-state index contributed by atoms with van der Waals surface area (Å²) in [6.45, 7) is 0. The fraction of sp³-hybridized carbons (Fsp3) is 0. The second-order valence-corrected chi connectivity index (χ2v) is 2.06. The van der Waals surface area contributed by atoms with Crippen molar-refractivity contribution in [3.8, 4) is 6.01 Å². The molecule has 0 unspecified atom stereocenters. The standard InChI is InChI=1S/CHClN4O4/c7-2(8,9)10-1-3-5-6-4-1/h(H,3,4,5,6). The van der Waals surface area contributed by atoms with E-state index in [0.29, 0.717) is 0 Å². The number of hydrogen-bond acceptors (Lipinski definition) is 7. The molecule has 1 N–H and O–H groups in total. The average molecular weight is 168 g/mol. The lowest BCUT2D eigenvalue weighted by Crippen LogP contribution is -2.63. The van der Waals surface area contributed by atoms with Gasteiger partial charge < -0.3 is 0 Å². The molecule has 0 atom stereocenters. The number of aromatic nitrogens is 4. The minimum Gasteiger partial charge on any atom is -0.173 e. The lowest BCUT2D eigenvalue weighted by Gasteiger charge is -2.08. The summed E-state index contributed by atoms with van der Waals surface area (Å²) in [6.07, 6.45) is 0. The Balaban J connectivity index is 2.57. The molecule has 1 aromatic rings. The maximum absolute atomic E-state index is 9.77. The van der Waals surface area contributed by atoms with Crippen LogP contribution in [0.1, 0.15) is 0 Å². The van der Waals surface area contributed by atoms with E-state index in [1.165, 1.54) is 0 Å². The molecular formula is CHClN4O4. The molecule has 0 bridgehead atoms. The molecule has 0 aliphatic carbocycles. The van der Waals surface area contributed by atoms with E-state index in [1.54, 1.807) is 0 Å². The lowest BCUT2D eigenvalue weighted by atomic mass is 11.3. The zero-order chi connectivity index (χ0) is 7.61. The average Bonchev–Trinajstić information content (AvgIpc) is 2.12. The van der Waals surface area contributed by atoms with Crippen molar-refractivity contribution in [2.24, 2.45) is 0 Å². The minimum atomic E-state index is -4.52. The van der Waals surface area contributed by atoms with Gasteiger partial charge in [0.25, 0.3) is 0 Å². The Labute approximate surface area is 56.2 Å². The van der Waals surface area contributed by atoms with Crippen LogP contribution in [0.4, 0.5) is 0 Å². The summed E-state index contributed by atoms with van der Waals surface area (Å²) in [7, 11) is -4.52. The van der Waals surface area contributed by atoms with Gasteiger partial charge in [-0.3, -0.25) is 0 Å². The number of hydrogen-bond donors (Lipinski definition) is 1. The van der Waals surface area contributed by atoms with Gasteiger partial charge in [-0.25, -0.2) is 0 Å². The van der Waals surface area contributed by atoms with Gasteiger partial charge in [0.05, 0.1) is 0 Å². The second-order valence-electron chi connectivity index (χ2n) is 1.15. The molecule has 0 fully saturated rings. The molecule has 8 nitrogen and oxygen atoms in total. The first kappa shape index (κ1) is 7.15. The second kappa shape index (κ2) is 2.34. The van der Waals surface area contributed by atoms with Gasteiger partial charge in [0.15, 0.2) is 0 Å². The van der Waals surface area contributed by atoms with Crippen LogP contribution in [0.3, 0.4) is 0 Å². The van der Waals surface area contributed by atoms with Crippen molar-refractivity contribution < 1.29 is 28.5 Å². The van der Waals surface area contributed by atoms with Crippen molar-refractivity contribution in [2.75, 3.05) is 0 Å². The SMILES string of the molecule is [O-][Cl+3]([O-])([O-])Oc1nn[nH]n1. The Morgan fingerprint density at radius 1 is 1.40 bits per heavy atom. The van der Waals surface area contributed by atoms with Gasteiger partial charge in [0, 0.05) is 0 Å². The van der Waals surface area contributed by atoms with Crippen molar-refractivity contribution in [2.45, 2.75) is 0 Å². The number of rotatable bonds is 2. The first-order valence-electron chi connectivity index (χ1n) is 1.92. The Hall–Kier alpha value is -0.960. The van der Waals surface area contributed by atoms with E-state index in [4.69, 9.17) is 0 Å². The van der Waals surface area contributed by atoms with E-state index in [0.717, 1.165) is 0 Å². The highest BCUT2D eigenvalue weighted by Crippen LogP contribution is 1.98. The molecule has 0 saturated carbocycles. The molecule has 56 valence electrons. The van der Waals surface area contributed by atoms with Crippen molar-refractivity contribution in [3.63, 3.8) is 0 Å². The highest BCUT2D eigenvalue weighted by molar-refractivity contribution is 4.77. The third kappa shape index (κ3) is 2.11. The molecule has 0 radical (unpaired) electrons. The molecule has 1 rings (SSSR count). The molecule has 0 aliphatic heterocycles. The van der Waals surface area contributed by atoms with Crippen molar-refractivity contribution in [3.05, 3.63) is 0 Å². The third-order valence-electron chi connectivity index (χ3n) is 0.489. The molecule has 1 heterocycles. The van der Waals surface area contributed by atoms with Crippen LogP contribution in [0.15, 0.2) is 0 Å². The van der Waals surface area contributed by atoms with E-state index >= 15 is 0 Å². The van der Waals surface area contributed by atoms with Gasteiger partial charge in [0.2, 0.25) is 0 Å². The highest BCUT2D eigenvalue weighted by atomic mass is 35.7. The van der Waals surface area contributed by atoms with Crippen LogP contribution in [0.25, 0.3) is 0 Å². The predicted octanol–water partition coefficient (Wildman–Crippen LogP) is -4.52. The number of tetrazole rings is 1. The van der Waals surface area contributed by atoms with Gasteiger partial charge in [-0.05, 0) is 9.50 Å². The van der Waals surface area contributed by atoms with E-state index in [2.05, 4.69) is 19.7 Å². The van der Waals surface area contributed by atoms with Gasteiger partial charge in [-0.2, -0.15) is 19.2 Å². The van der Waals surface area contributed by atoms with Crippen molar-refractivity contribution in [1.29, 1.82) is 0 Å². The number of aromatic amines is 1. The monoisotopic (exact) mass is 168 g/mol. The predicted molar refractivity (Wildman–Crippen MR) is 14.8 cm³/mol. The van der Waals surface area contributed by atoms with Gasteiger partial charge in [0.1, 0.15) is 10.2 Å². The van der Waals surface area contributed by atoms with Gasteiger partial charge >= 0.3 is 6.01 Å². The topological polar surface area (TPSA) is 133 Å². The van der Waals surface area contributed by atoms with Crippen LogP contribution in [-0.2, 0) is 0 Å². The number of nitrogens with zero attached hydrogens (tertiary/aromatic N) is 3. The van der Waals surface area contributed by atoms with Crippen LogP contribution >= 0.6 is 0 Å². The first-order chi connectivity index (χ1) is 4.58. The van der Waals surface area contributed by atoms with Crippen molar-refractivity contribution in [1.82, 2.24) is 20.6 Å². The quantitative estimate of drug-likeness (QED) is 0.470. The third-order valence-corrected chi connectivity index (χ3v) is 0.816. The molecule has 0 amide bonds. The summed E-state index contributed by atoms with van der Waals surface area (Å²) in [5.41, 5.74) is 0. The zero-order valence-electron chi connectivity index (χ0n) is 4.35. The fourth-order valence-electron chi connectivity index (χ4n) is 0.270. The molecule has 9 heteroatoms. The molecule has 0 aromatic carbocycles. The van der Waals surface area contributed by atoms with Crippen molar-refractivity contribution >= 4 is 0 Å². The number of halogens is 1. The number of nitrogens with one attached hydrogen (secondary N) is 1. The van der Waals surface area contributed by atoms with Crippen LogP contribution in [0.2, 0.25) is 0 Å². The largest absolute Gasteiger partial charge is 0.517 e. The van der Waals surface area contributed by atoms with E-state index in [1.807, 2.05) is 5.21 Å². The summed E-state index contributed by atoms with van der Waals surface area (Å²) < 4.78 is 32.9. The van der Waals surface area contributed by atoms with E-state index < -0.39 is 16.3 Å². The maximum Gasteiger partial charge on any atom is 0.517 e. The van der Waals surface area contributed by atoms with Crippen LogP contribution < -0.4 is 18.3 Å².